The Hall–Kier alpha value is -3.64. The largest absolute Gasteiger partial charge is 0.497 e. The fraction of sp³-hybridized carbons (Fsp3) is 0.154. The van der Waals surface area contributed by atoms with Gasteiger partial charge in [-0.3, -0.25) is 4.98 Å². The molecule has 0 saturated carbocycles. The predicted molar refractivity (Wildman–Crippen MR) is 131 cm³/mol. The smallest absolute Gasteiger partial charge is 0.174 e. The van der Waals surface area contributed by atoms with E-state index in [1.165, 1.54) is 5.56 Å². The molecular weight excluding hydrogens is 416 g/mol. The summed E-state index contributed by atoms with van der Waals surface area (Å²) in [6.45, 7) is 2.10. The normalized spacial score (nSPS) is 17.9. The standard InChI is InChI=1S/C26H24N4OS/c1-18-8-5-10-20(16-18)30-25(24(28-26(30)32)22-12-3-4-14-27-22)23-13-7-15-29(23)19-9-6-11-21(17-19)31-2/h3-17,24-25H,1-2H3,(H,28,32)/t24-,25+/m0/s1. The number of thiocarbonyl (C=S) groups is 1. The van der Waals surface area contributed by atoms with E-state index in [2.05, 4.69) is 75.4 Å². The van der Waals surface area contributed by atoms with E-state index in [1.807, 2.05) is 42.6 Å². The summed E-state index contributed by atoms with van der Waals surface area (Å²) in [5.74, 6) is 0.819. The van der Waals surface area contributed by atoms with Gasteiger partial charge in [-0.2, -0.15) is 0 Å². The van der Waals surface area contributed by atoms with Gasteiger partial charge in [-0.05, 0) is 73.2 Å². The fourth-order valence-corrected chi connectivity index (χ4v) is 4.69. The number of benzene rings is 2. The van der Waals surface area contributed by atoms with E-state index in [-0.39, 0.29) is 12.1 Å². The molecule has 1 saturated heterocycles. The van der Waals surface area contributed by atoms with Crippen LogP contribution in [0, 0.1) is 6.92 Å². The van der Waals surface area contributed by atoms with Crippen molar-refractivity contribution in [3.63, 3.8) is 0 Å². The highest BCUT2D eigenvalue weighted by Gasteiger charge is 2.42. The van der Waals surface area contributed by atoms with Gasteiger partial charge in [-0.1, -0.05) is 24.3 Å². The first-order valence-electron chi connectivity index (χ1n) is 10.5. The molecule has 0 spiro atoms. The van der Waals surface area contributed by atoms with Gasteiger partial charge in [0.2, 0.25) is 0 Å². The Labute approximate surface area is 193 Å². The molecule has 1 aliphatic heterocycles. The molecule has 0 amide bonds. The molecule has 0 radical (unpaired) electrons. The maximum Gasteiger partial charge on any atom is 0.174 e. The molecule has 3 heterocycles. The molecule has 5 rings (SSSR count). The van der Waals surface area contributed by atoms with Gasteiger partial charge >= 0.3 is 0 Å². The van der Waals surface area contributed by atoms with E-state index in [4.69, 9.17) is 17.0 Å². The average molecular weight is 441 g/mol. The second kappa shape index (κ2) is 8.48. The number of methoxy groups -OCH3 is 1. The summed E-state index contributed by atoms with van der Waals surface area (Å²) in [7, 11) is 1.69. The van der Waals surface area contributed by atoms with Gasteiger partial charge in [0.25, 0.3) is 0 Å². The zero-order chi connectivity index (χ0) is 22.1. The van der Waals surface area contributed by atoms with Crippen LogP contribution < -0.4 is 15.0 Å². The first kappa shape index (κ1) is 20.3. The molecule has 0 aliphatic carbocycles. The van der Waals surface area contributed by atoms with Crippen LogP contribution in [-0.2, 0) is 0 Å². The summed E-state index contributed by atoms with van der Waals surface area (Å²) in [5.41, 5.74) is 5.35. The Kier molecular flexibility index (Phi) is 5.37. The maximum atomic E-state index is 5.85. The SMILES string of the molecule is COc1cccc(-n2cccc2[C@@H]2[C@H](c3ccccn3)NC(=S)N2c2cccc(C)c2)c1. The van der Waals surface area contributed by atoms with Crippen molar-refractivity contribution in [3.05, 3.63) is 108 Å². The number of aryl methyl sites for hydroxylation is 1. The number of ether oxygens (including phenoxy) is 1. The molecule has 160 valence electrons. The van der Waals surface area contributed by atoms with Crippen molar-refractivity contribution in [1.29, 1.82) is 0 Å². The summed E-state index contributed by atoms with van der Waals surface area (Å²) >= 11 is 5.85. The molecule has 1 fully saturated rings. The quantitative estimate of drug-likeness (QED) is 0.423. The van der Waals surface area contributed by atoms with E-state index in [0.717, 1.165) is 28.5 Å². The van der Waals surface area contributed by atoms with Crippen LogP contribution in [0.4, 0.5) is 5.69 Å². The van der Waals surface area contributed by atoms with Crippen molar-refractivity contribution in [1.82, 2.24) is 14.9 Å². The van der Waals surface area contributed by atoms with Gasteiger partial charge in [-0.15, -0.1) is 0 Å². The van der Waals surface area contributed by atoms with E-state index >= 15 is 0 Å². The Morgan fingerprint density at radius 2 is 1.78 bits per heavy atom. The number of pyridine rings is 1. The van der Waals surface area contributed by atoms with Crippen molar-refractivity contribution in [3.8, 4) is 11.4 Å². The number of rotatable bonds is 5. The minimum absolute atomic E-state index is 0.0830. The van der Waals surface area contributed by atoms with Crippen molar-refractivity contribution < 1.29 is 4.74 Å². The van der Waals surface area contributed by atoms with Crippen LogP contribution in [-0.4, -0.2) is 21.8 Å². The van der Waals surface area contributed by atoms with Gasteiger partial charge in [0, 0.05) is 35.5 Å². The van der Waals surface area contributed by atoms with E-state index in [9.17, 15) is 0 Å². The summed E-state index contributed by atoms with van der Waals surface area (Å²) < 4.78 is 7.66. The number of hydrogen-bond acceptors (Lipinski definition) is 3. The molecule has 1 N–H and O–H groups in total. The Morgan fingerprint density at radius 3 is 2.56 bits per heavy atom. The van der Waals surface area contributed by atoms with E-state index in [1.54, 1.807) is 7.11 Å². The first-order chi connectivity index (χ1) is 15.7. The minimum atomic E-state index is -0.0940. The second-order valence-corrected chi connectivity index (χ2v) is 8.23. The predicted octanol–water partition coefficient (Wildman–Crippen LogP) is 5.37. The van der Waals surface area contributed by atoms with Crippen LogP contribution in [0.2, 0.25) is 0 Å². The second-order valence-electron chi connectivity index (χ2n) is 7.84. The molecule has 0 unspecified atom stereocenters. The lowest BCUT2D eigenvalue weighted by Gasteiger charge is -2.29. The highest BCUT2D eigenvalue weighted by Crippen LogP contribution is 2.42. The van der Waals surface area contributed by atoms with Crippen LogP contribution in [0.5, 0.6) is 5.75 Å². The van der Waals surface area contributed by atoms with E-state index in [0.29, 0.717) is 5.11 Å². The number of aromatic nitrogens is 2. The van der Waals surface area contributed by atoms with Crippen molar-refractivity contribution >= 4 is 23.0 Å². The lowest BCUT2D eigenvalue weighted by molar-refractivity contribution is 0.414. The number of nitrogens with one attached hydrogen (secondary N) is 1. The van der Waals surface area contributed by atoms with Gasteiger partial charge in [0.1, 0.15) is 11.8 Å². The van der Waals surface area contributed by atoms with Gasteiger partial charge < -0.3 is 19.5 Å². The molecule has 2 aromatic heterocycles. The molecule has 6 heteroatoms. The third-order valence-electron chi connectivity index (χ3n) is 5.79. The van der Waals surface area contributed by atoms with Crippen molar-refractivity contribution in [2.75, 3.05) is 12.0 Å². The molecular formula is C26H24N4OS. The maximum absolute atomic E-state index is 5.85. The van der Waals surface area contributed by atoms with Gasteiger partial charge in [-0.25, -0.2) is 0 Å². The van der Waals surface area contributed by atoms with Crippen molar-refractivity contribution in [2.24, 2.45) is 0 Å². The molecule has 1 aliphatic rings. The lowest BCUT2D eigenvalue weighted by atomic mass is 10.0. The highest BCUT2D eigenvalue weighted by atomic mass is 32.1. The minimum Gasteiger partial charge on any atom is -0.497 e. The Morgan fingerprint density at radius 1 is 0.938 bits per heavy atom. The molecule has 2 aromatic carbocycles. The summed E-state index contributed by atoms with van der Waals surface area (Å²) in [4.78, 5) is 6.85. The Bertz CT molecular complexity index is 1250. The van der Waals surface area contributed by atoms with Crippen LogP contribution in [0.1, 0.15) is 29.0 Å². The third kappa shape index (κ3) is 3.63. The molecule has 2 atom stereocenters. The lowest BCUT2D eigenvalue weighted by Crippen LogP contribution is -2.30. The zero-order valence-electron chi connectivity index (χ0n) is 18.0. The molecule has 32 heavy (non-hydrogen) atoms. The molecule has 0 bridgehead atoms. The third-order valence-corrected chi connectivity index (χ3v) is 6.11. The van der Waals surface area contributed by atoms with E-state index < -0.39 is 0 Å². The van der Waals surface area contributed by atoms with Gasteiger partial charge in [0.05, 0.1) is 18.8 Å². The fourth-order valence-electron chi connectivity index (χ4n) is 4.34. The van der Waals surface area contributed by atoms with Gasteiger partial charge in [0.15, 0.2) is 5.11 Å². The van der Waals surface area contributed by atoms with Crippen LogP contribution in [0.25, 0.3) is 5.69 Å². The summed E-state index contributed by atoms with van der Waals surface area (Å²) in [6.07, 6.45) is 3.91. The Balaban J connectivity index is 1.67. The first-order valence-corrected chi connectivity index (χ1v) is 11.0. The monoisotopic (exact) mass is 440 g/mol. The topological polar surface area (TPSA) is 42.3 Å². The average Bonchev–Trinajstić information content (AvgIpc) is 3.44. The number of anilines is 1. The van der Waals surface area contributed by atoms with Crippen molar-refractivity contribution in [2.45, 2.75) is 19.0 Å². The van der Waals surface area contributed by atoms with Crippen LogP contribution >= 0.6 is 12.2 Å². The number of nitrogens with zero attached hydrogens (tertiary/aromatic N) is 3. The van der Waals surface area contributed by atoms with Crippen LogP contribution in [0.15, 0.2) is 91.3 Å². The highest BCUT2D eigenvalue weighted by molar-refractivity contribution is 7.80. The molecule has 5 nitrogen and oxygen atoms in total. The summed E-state index contributed by atoms with van der Waals surface area (Å²) in [6, 6.07) is 26.6. The zero-order valence-corrected chi connectivity index (χ0v) is 18.8. The summed E-state index contributed by atoms with van der Waals surface area (Å²) in [5, 5.41) is 4.22. The number of hydrogen-bond donors (Lipinski definition) is 1. The van der Waals surface area contributed by atoms with Crippen LogP contribution in [0.3, 0.4) is 0 Å². The molecule has 4 aromatic rings.